The number of amides is 2. The predicted octanol–water partition coefficient (Wildman–Crippen LogP) is 2.11. The van der Waals surface area contributed by atoms with Gasteiger partial charge < -0.3 is 10.5 Å². The average Bonchev–Trinajstić information content (AvgIpc) is 2.94. The van der Waals surface area contributed by atoms with E-state index in [-0.39, 0.29) is 5.91 Å². The number of hydrogen-bond acceptors (Lipinski definition) is 5. The molecule has 2 N–H and O–H groups in total. The first kappa shape index (κ1) is 15.5. The molecule has 1 aromatic heterocycles. The second-order valence-electron chi connectivity index (χ2n) is 5.48. The Morgan fingerprint density at radius 1 is 1.48 bits per heavy atom. The summed E-state index contributed by atoms with van der Waals surface area (Å²) in [4.78, 5) is 29.9. The number of carbonyl (C=O) groups excluding carboxylic acids is 2. The number of hydrogen-bond donors (Lipinski definition) is 1. The fraction of sp³-hybridized carbons (Fsp3) is 0.312. The Balaban J connectivity index is 2.11. The third-order valence-corrected chi connectivity index (χ3v) is 4.59. The molecule has 1 aliphatic rings. The molecule has 2 atom stereocenters. The lowest BCUT2D eigenvalue weighted by Gasteiger charge is -2.35. The van der Waals surface area contributed by atoms with Gasteiger partial charge in [-0.3, -0.25) is 14.5 Å². The van der Waals surface area contributed by atoms with Crippen LogP contribution in [0.3, 0.4) is 0 Å². The SMILES string of the molecule is Cc1nc(-c2ccc3c(c2)N(C(C)C(N)=O)C(=O)C(C)O3)cs1. The van der Waals surface area contributed by atoms with Crippen LogP contribution in [-0.4, -0.2) is 28.9 Å². The lowest BCUT2D eigenvalue weighted by molar-refractivity contribution is -0.129. The molecule has 0 bridgehead atoms. The highest BCUT2D eigenvalue weighted by Gasteiger charge is 2.36. The largest absolute Gasteiger partial charge is 0.479 e. The molecule has 23 heavy (non-hydrogen) atoms. The van der Waals surface area contributed by atoms with Gasteiger partial charge in [-0.15, -0.1) is 11.3 Å². The van der Waals surface area contributed by atoms with Crippen LogP contribution in [-0.2, 0) is 9.59 Å². The lowest BCUT2D eigenvalue weighted by Crippen LogP contribution is -2.53. The maximum Gasteiger partial charge on any atom is 0.268 e. The number of rotatable bonds is 3. The highest BCUT2D eigenvalue weighted by molar-refractivity contribution is 7.09. The quantitative estimate of drug-likeness (QED) is 0.933. The highest BCUT2D eigenvalue weighted by atomic mass is 32.1. The Hall–Kier alpha value is -2.41. The van der Waals surface area contributed by atoms with Gasteiger partial charge in [-0.05, 0) is 39.0 Å². The molecule has 0 saturated heterocycles. The Morgan fingerprint density at radius 2 is 2.22 bits per heavy atom. The van der Waals surface area contributed by atoms with Crippen LogP contribution in [0.2, 0.25) is 0 Å². The van der Waals surface area contributed by atoms with Gasteiger partial charge in [-0.25, -0.2) is 4.98 Å². The number of ether oxygens (including phenoxy) is 1. The van der Waals surface area contributed by atoms with Crippen molar-refractivity contribution in [3.8, 4) is 17.0 Å². The first-order valence-electron chi connectivity index (χ1n) is 7.24. The number of aryl methyl sites for hydroxylation is 1. The molecule has 2 aromatic rings. The zero-order valence-electron chi connectivity index (χ0n) is 13.1. The molecule has 7 heteroatoms. The number of thiazole rings is 1. The van der Waals surface area contributed by atoms with E-state index in [0.717, 1.165) is 16.3 Å². The van der Waals surface area contributed by atoms with Crippen molar-refractivity contribution in [3.63, 3.8) is 0 Å². The molecule has 0 fully saturated rings. The van der Waals surface area contributed by atoms with Crippen LogP contribution >= 0.6 is 11.3 Å². The summed E-state index contributed by atoms with van der Waals surface area (Å²) >= 11 is 1.55. The summed E-state index contributed by atoms with van der Waals surface area (Å²) in [5.74, 6) is -0.287. The van der Waals surface area contributed by atoms with Crippen LogP contribution in [0.5, 0.6) is 5.75 Å². The maximum absolute atomic E-state index is 12.5. The van der Waals surface area contributed by atoms with E-state index in [1.54, 1.807) is 31.3 Å². The van der Waals surface area contributed by atoms with Gasteiger partial charge in [0.2, 0.25) is 5.91 Å². The number of aromatic nitrogens is 1. The van der Waals surface area contributed by atoms with Crippen molar-refractivity contribution in [2.45, 2.75) is 32.9 Å². The molecule has 2 heterocycles. The molecule has 120 valence electrons. The predicted molar refractivity (Wildman–Crippen MR) is 88.5 cm³/mol. The molecule has 0 aliphatic carbocycles. The van der Waals surface area contributed by atoms with Gasteiger partial charge in [0, 0.05) is 10.9 Å². The Bertz CT molecular complexity index is 787. The van der Waals surface area contributed by atoms with Crippen LogP contribution < -0.4 is 15.4 Å². The fourth-order valence-corrected chi connectivity index (χ4v) is 3.16. The Kier molecular flexibility index (Phi) is 3.81. The topological polar surface area (TPSA) is 85.5 Å². The van der Waals surface area contributed by atoms with Crippen molar-refractivity contribution in [1.29, 1.82) is 0 Å². The maximum atomic E-state index is 12.5. The number of fused-ring (bicyclic) bond motifs is 1. The summed E-state index contributed by atoms with van der Waals surface area (Å²) in [7, 11) is 0. The van der Waals surface area contributed by atoms with E-state index in [1.165, 1.54) is 4.90 Å². The Labute approximate surface area is 137 Å². The smallest absolute Gasteiger partial charge is 0.268 e. The average molecular weight is 331 g/mol. The zero-order chi connectivity index (χ0) is 16.7. The van der Waals surface area contributed by atoms with Crippen LogP contribution in [0.1, 0.15) is 18.9 Å². The highest BCUT2D eigenvalue weighted by Crippen LogP contribution is 2.38. The van der Waals surface area contributed by atoms with Crippen molar-refractivity contribution >= 4 is 28.8 Å². The van der Waals surface area contributed by atoms with Gasteiger partial charge in [-0.2, -0.15) is 0 Å². The third-order valence-electron chi connectivity index (χ3n) is 3.82. The second kappa shape index (κ2) is 5.66. The van der Waals surface area contributed by atoms with E-state index >= 15 is 0 Å². The molecule has 2 unspecified atom stereocenters. The summed E-state index contributed by atoms with van der Waals surface area (Å²) < 4.78 is 5.64. The minimum Gasteiger partial charge on any atom is -0.479 e. The minimum atomic E-state index is -0.750. The molecule has 0 radical (unpaired) electrons. The zero-order valence-corrected chi connectivity index (χ0v) is 13.9. The number of anilines is 1. The molecule has 1 aromatic carbocycles. The molecular formula is C16H17N3O3S. The van der Waals surface area contributed by atoms with E-state index < -0.39 is 18.1 Å². The van der Waals surface area contributed by atoms with E-state index in [1.807, 2.05) is 24.4 Å². The van der Waals surface area contributed by atoms with Crippen molar-refractivity contribution < 1.29 is 14.3 Å². The molecule has 3 rings (SSSR count). The van der Waals surface area contributed by atoms with Gasteiger partial charge in [0.1, 0.15) is 11.8 Å². The summed E-state index contributed by atoms with van der Waals surface area (Å²) in [5, 5.41) is 2.91. The molecule has 0 saturated carbocycles. The number of benzene rings is 1. The number of nitrogens with zero attached hydrogens (tertiary/aromatic N) is 2. The molecule has 1 aliphatic heterocycles. The van der Waals surface area contributed by atoms with Crippen molar-refractivity contribution in [2.24, 2.45) is 5.73 Å². The summed E-state index contributed by atoms with van der Waals surface area (Å²) in [6, 6.07) is 4.75. The summed E-state index contributed by atoms with van der Waals surface area (Å²) in [6.45, 7) is 5.20. The van der Waals surface area contributed by atoms with Gasteiger partial charge in [0.25, 0.3) is 5.91 Å². The molecule has 0 spiro atoms. The van der Waals surface area contributed by atoms with Crippen LogP contribution in [0.4, 0.5) is 5.69 Å². The van der Waals surface area contributed by atoms with Crippen LogP contribution in [0.15, 0.2) is 23.6 Å². The Morgan fingerprint density at radius 3 is 2.83 bits per heavy atom. The van der Waals surface area contributed by atoms with E-state index in [9.17, 15) is 9.59 Å². The number of carbonyl (C=O) groups is 2. The second-order valence-corrected chi connectivity index (χ2v) is 6.54. The summed E-state index contributed by atoms with van der Waals surface area (Å²) in [6.07, 6.45) is -0.656. The minimum absolute atomic E-state index is 0.282. The van der Waals surface area contributed by atoms with E-state index in [4.69, 9.17) is 10.5 Å². The first-order valence-corrected chi connectivity index (χ1v) is 8.12. The third kappa shape index (κ3) is 2.68. The van der Waals surface area contributed by atoms with Crippen molar-refractivity contribution in [1.82, 2.24) is 4.98 Å². The van der Waals surface area contributed by atoms with Gasteiger partial charge >= 0.3 is 0 Å². The molecular weight excluding hydrogens is 314 g/mol. The summed E-state index contributed by atoms with van der Waals surface area (Å²) in [5.41, 5.74) is 7.63. The monoisotopic (exact) mass is 331 g/mol. The molecule has 2 amide bonds. The van der Waals surface area contributed by atoms with E-state index in [2.05, 4.69) is 4.98 Å². The van der Waals surface area contributed by atoms with Gasteiger partial charge in [0.05, 0.1) is 16.4 Å². The number of primary amides is 1. The van der Waals surface area contributed by atoms with E-state index in [0.29, 0.717) is 11.4 Å². The van der Waals surface area contributed by atoms with Crippen molar-refractivity contribution in [3.05, 3.63) is 28.6 Å². The first-order chi connectivity index (χ1) is 10.9. The lowest BCUT2D eigenvalue weighted by atomic mass is 10.1. The normalized spacial score (nSPS) is 18.3. The van der Waals surface area contributed by atoms with Crippen LogP contribution in [0, 0.1) is 6.92 Å². The standard InChI is InChI=1S/C16H17N3O3S/c1-8(15(17)20)19-13-6-11(12-7-23-10(3)18-12)4-5-14(13)22-9(2)16(19)21/h4-9H,1-3H3,(H2,17,20). The van der Waals surface area contributed by atoms with Crippen LogP contribution in [0.25, 0.3) is 11.3 Å². The number of nitrogens with two attached hydrogens (primary N) is 1. The fourth-order valence-electron chi connectivity index (χ4n) is 2.54. The van der Waals surface area contributed by atoms with Gasteiger partial charge in [0.15, 0.2) is 6.10 Å². The van der Waals surface area contributed by atoms with Gasteiger partial charge in [-0.1, -0.05) is 0 Å². The van der Waals surface area contributed by atoms with Crippen molar-refractivity contribution in [2.75, 3.05) is 4.90 Å². The molecule has 6 nitrogen and oxygen atoms in total.